The number of ether oxygens (including phenoxy) is 2. The van der Waals surface area contributed by atoms with Gasteiger partial charge in [-0.25, -0.2) is 4.79 Å². The van der Waals surface area contributed by atoms with Gasteiger partial charge in [0.2, 0.25) is 0 Å². The fourth-order valence-electron chi connectivity index (χ4n) is 3.12. The van der Waals surface area contributed by atoms with Gasteiger partial charge in [0, 0.05) is 16.1 Å². The molecule has 4 rings (SSSR count). The van der Waals surface area contributed by atoms with Crippen molar-refractivity contribution < 1.29 is 23.5 Å². The summed E-state index contributed by atoms with van der Waals surface area (Å²) < 4.78 is 16.1. The molecule has 1 fully saturated rings. The first-order valence-corrected chi connectivity index (χ1v) is 8.07. The number of amides is 3. The maximum Gasteiger partial charge on any atom is 0.325 e. The Balaban J connectivity index is 1.67. The molecule has 0 unspecified atom stereocenters. The predicted molar refractivity (Wildman–Crippen MR) is 86.9 cm³/mol. The second kappa shape index (κ2) is 5.79. The van der Waals surface area contributed by atoms with Crippen molar-refractivity contribution >= 4 is 23.5 Å². The first kappa shape index (κ1) is 16.0. The number of carbonyl (C=O) groups excluding carboxylic acids is 2. The summed E-state index contributed by atoms with van der Waals surface area (Å²) in [7, 11) is 0. The predicted octanol–water partition coefficient (Wildman–Crippen LogP) is 2.77. The van der Waals surface area contributed by atoms with Gasteiger partial charge in [-0.3, -0.25) is 9.69 Å². The van der Waals surface area contributed by atoms with Crippen LogP contribution in [0.15, 0.2) is 34.9 Å². The third-order valence-electron chi connectivity index (χ3n) is 4.37. The van der Waals surface area contributed by atoms with Crippen LogP contribution in [0.5, 0.6) is 5.75 Å². The van der Waals surface area contributed by atoms with Crippen molar-refractivity contribution in [3.63, 3.8) is 0 Å². The van der Waals surface area contributed by atoms with Crippen LogP contribution >= 0.6 is 11.6 Å². The van der Waals surface area contributed by atoms with E-state index in [4.69, 9.17) is 25.5 Å². The third-order valence-corrected chi connectivity index (χ3v) is 4.59. The quantitative estimate of drug-likeness (QED) is 0.849. The molecule has 0 saturated carbocycles. The molecule has 8 heteroatoms. The zero-order valence-electron chi connectivity index (χ0n) is 13.4. The van der Waals surface area contributed by atoms with Crippen LogP contribution in [0.2, 0.25) is 5.02 Å². The molecule has 2 aromatic rings. The molecule has 1 atom stereocenters. The summed E-state index contributed by atoms with van der Waals surface area (Å²) in [5, 5.41) is 3.18. The number of urea groups is 1. The molecule has 1 saturated heterocycles. The van der Waals surface area contributed by atoms with Gasteiger partial charge in [-0.2, -0.15) is 0 Å². The molecule has 0 radical (unpaired) electrons. The molecule has 1 N–H and O–H groups in total. The lowest BCUT2D eigenvalue weighted by Crippen LogP contribution is -2.40. The monoisotopic (exact) mass is 362 g/mol. The summed E-state index contributed by atoms with van der Waals surface area (Å²) in [6.45, 7) is 2.15. The Morgan fingerprint density at radius 1 is 1.36 bits per heavy atom. The summed E-state index contributed by atoms with van der Waals surface area (Å²) >= 11 is 6.15. The molecule has 2 aliphatic heterocycles. The van der Waals surface area contributed by atoms with Crippen molar-refractivity contribution in [3.05, 3.63) is 52.4 Å². The second-order valence-electron chi connectivity index (χ2n) is 6.09. The molecule has 130 valence electrons. The standard InChI is InChI=1S/C17H15ClN2O5/c1-17(13-3-2-4-24-13)15(21)20(16(22)19-17)7-10-5-12(18)6-11-8-23-9-25-14(10)11/h2-6H,7-9H2,1H3,(H,19,22)/t17-/m0/s1. The third kappa shape index (κ3) is 2.56. The number of hydrogen-bond donors (Lipinski definition) is 1. The Hall–Kier alpha value is -2.51. The zero-order valence-corrected chi connectivity index (χ0v) is 14.1. The summed E-state index contributed by atoms with van der Waals surface area (Å²) in [5.41, 5.74) is 0.205. The van der Waals surface area contributed by atoms with Gasteiger partial charge < -0.3 is 19.2 Å². The van der Waals surface area contributed by atoms with Crippen LogP contribution in [0.1, 0.15) is 23.8 Å². The molecule has 2 aliphatic rings. The number of halogens is 1. The highest BCUT2D eigenvalue weighted by Gasteiger charge is 2.51. The zero-order chi connectivity index (χ0) is 17.6. The summed E-state index contributed by atoms with van der Waals surface area (Å²) in [6, 6.07) is 6.27. The molecule has 7 nitrogen and oxygen atoms in total. The van der Waals surface area contributed by atoms with Crippen LogP contribution in [-0.2, 0) is 28.2 Å². The van der Waals surface area contributed by atoms with Crippen LogP contribution in [0.25, 0.3) is 0 Å². The molecule has 0 spiro atoms. The van der Waals surface area contributed by atoms with Gasteiger partial charge in [0.15, 0.2) is 12.3 Å². The van der Waals surface area contributed by atoms with Gasteiger partial charge in [0.05, 0.1) is 19.4 Å². The van der Waals surface area contributed by atoms with Crippen molar-refractivity contribution in [2.24, 2.45) is 0 Å². The largest absolute Gasteiger partial charge is 0.467 e. The summed E-state index contributed by atoms with van der Waals surface area (Å²) in [6.07, 6.45) is 1.46. The van der Waals surface area contributed by atoms with Gasteiger partial charge in [0.25, 0.3) is 5.91 Å². The molecule has 3 heterocycles. The van der Waals surface area contributed by atoms with Crippen molar-refractivity contribution in [1.29, 1.82) is 0 Å². The minimum absolute atomic E-state index is 0.0455. The van der Waals surface area contributed by atoms with Crippen LogP contribution in [0.4, 0.5) is 4.79 Å². The maximum atomic E-state index is 12.9. The Labute approximate surface area is 148 Å². The van der Waals surface area contributed by atoms with Gasteiger partial charge in [0.1, 0.15) is 11.5 Å². The fourth-order valence-corrected chi connectivity index (χ4v) is 3.38. The number of nitrogens with one attached hydrogen (secondary N) is 1. The van der Waals surface area contributed by atoms with Crippen molar-refractivity contribution in [2.75, 3.05) is 6.79 Å². The minimum Gasteiger partial charge on any atom is -0.467 e. The smallest absolute Gasteiger partial charge is 0.325 e. The van der Waals surface area contributed by atoms with Gasteiger partial charge >= 0.3 is 6.03 Å². The molecular formula is C17H15ClN2O5. The number of carbonyl (C=O) groups is 2. The molecule has 0 bridgehead atoms. The van der Waals surface area contributed by atoms with E-state index in [0.717, 1.165) is 10.5 Å². The van der Waals surface area contributed by atoms with Crippen molar-refractivity contribution in [3.8, 4) is 5.75 Å². The van der Waals surface area contributed by atoms with E-state index >= 15 is 0 Å². The lowest BCUT2D eigenvalue weighted by molar-refractivity contribution is -0.132. The van der Waals surface area contributed by atoms with Crippen molar-refractivity contribution in [2.45, 2.75) is 25.6 Å². The van der Waals surface area contributed by atoms with E-state index in [1.165, 1.54) is 6.26 Å². The number of rotatable bonds is 3. The molecule has 25 heavy (non-hydrogen) atoms. The number of furan rings is 1. The van der Waals surface area contributed by atoms with Crippen LogP contribution in [0, 0.1) is 0 Å². The lowest BCUT2D eigenvalue weighted by Gasteiger charge is -2.23. The first-order chi connectivity index (χ1) is 12.0. The fraction of sp³-hybridized carbons (Fsp3) is 0.294. The highest BCUT2D eigenvalue weighted by Crippen LogP contribution is 2.35. The average molecular weight is 363 g/mol. The molecule has 3 amide bonds. The molecule has 0 aliphatic carbocycles. The highest BCUT2D eigenvalue weighted by atomic mass is 35.5. The first-order valence-electron chi connectivity index (χ1n) is 7.69. The normalized spacial score (nSPS) is 22.6. The van der Waals surface area contributed by atoms with Crippen LogP contribution in [0.3, 0.4) is 0 Å². The second-order valence-corrected chi connectivity index (χ2v) is 6.52. The maximum absolute atomic E-state index is 12.9. The summed E-state index contributed by atoms with van der Waals surface area (Å²) in [4.78, 5) is 26.4. The SMILES string of the molecule is C[C@@]1(c2ccco2)NC(=O)N(Cc2cc(Cl)cc3c2OCOC3)C1=O. The van der Waals surface area contributed by atoms with E-state index < -0.39 is 17.5 Å². The number of benzene rings is 1. The van der Waals surface area contributed by atoms with E-state index in [1.807, 2.05) is 0 Å². The number of nitrogens with zero attached hydrogens (tertiary/aromatic N) is 1. The van der Waals surface area contributed by atoms with Gasteiger partial charge in [-0.05, 0) is 31.2 Å². The van der Waals surface area contributed by atoms with E-state index in [1.54, 1.807) is 31.2 Å². The van der Waals surface area contributed by atoms with E-state index in [0.29, 0.717) is 28.7 Å². The van der Waals surface area contributed by atoms with E-state index in [-0.39, 0.29) is 13.3 Å². The number of hydrogen-bond acceptors (Lipinski definition) is 5. The summed E-state index contributed by atoms with van der Waals surface area (Å²) in [5.74, 6) is 0.585. The van der Waals surface area contributed by atoms with Crippen LogP contribution < -0.4 is 10.1 Å². The number of fused-ring (bicyclic) bond motifs is 1. The van der Waals surface area contributed by atoms with Gasteiger partial charge in [-0.15, -0.1) is 0 Å². The topological polar surface area (TPSA) is 81.0 Å². The minimum atomic E-state index is -1.23. The Kier molecular flexibility index (Phi) is 3.70. The molecule has 1 aromatic carbocycles. The lowest BCUT2D eigenvalue weighted by atomic mass is 9.99. The highest BCUT2D eigenvalue weighted by molar-refractivity contribution is 6.30. The van der Waals surface area contributed by atoms with E-state index in [2.05, 4.69) is 5.32 Å². The van der Waals surface area contributed by atoms with E-state index in [9.17, 15) is 9.59 Å². The Morgan fingerprint density at radius 2 is 2.20 bits per heavy atom. The Morgan fingerprint density at radius 3 is 2.96 bits per heavy atom. The average Bonchev–Trinajstić information content (AvgIpc) is 3.19. The van der Waals surface area contributed by atoms with Crippen LogP contribution in [-0.4, -0.2) is 23.6 Å². The Bertz CT molecular complexity index is 851. The molecule has 1 aromatic heterocycles. The van der Waals surface area contributed by atoms with Gasteiger partial charge in [-0.1, -0.05) is 11.6 Å². The number of imide groups is 1. The molecular weight excluding hydrogens is 348 g/mol. The van der Waals surface area contributed by atoms with Crippen molar-refractivity contribution in [1.82, 2.24) is 10.2 Å².